The van der Waals surface area contributed by atoms with Crippen molar-refractivity contribution in [3.05, 3.63) is 28.0 Å². The smallest absolute Gasteiger partial charge is 0.290 e. The number of hydrogen-bond acceptors (Lipinski definition) is 2. The van der Waals surface area contributed by atoms with Gasteiger partial charge in [0.1, 0.15) is 0 Å². The zero-order valence-corrected chi connectivity index (χ0v) is 7.71. The summed E-state index contributed by atoms with van der Waals surface area (Å²) in [5, 5.41) is 7.54. The van der Waals surface area contributed by atoms with Crippen LogP contribution in [0.2, 0.25) is 5.02 Å². The molecule has 0 aliphatic rings. The van der Waals surface area contributed by atoms with Crippen LogP contribution in [0.3, 0.4) is 0 Å². The van der Waals surface area contributed by atoms with E-state index < -0.39 is 0 Å². The molecule has 0 fully saturated rings. The topological polar surface area (TPSA) is 50.2 Å². The fourth-order valence-electron chi connectivity index (χ4n) is 0.386. The van der Waals surface area contributed by atoms with Crippen LogP contribution in [-0.2, 0) is 4.79 Å². The van der Waals surface area contributed by atoms with Gasteiger partial charge in [-0.05, 0) is 22.0 Å². The number of rotatable bonds is 0. The molecule has 3 nitrogen and oxygen atoms in total. The number of carbonyl (C=O) groups is 1. The molecule has 1 rings (SSSR count). The predicted octanol–water partition coefficient (Wildman–Crippen LogP) is 2.20. The highest BCUT2D eigenvalue weighted by atomic mass is 79.9. The summed E-state index contributed by atoms with van der Waals surface area (Å²) in [5.74, 6) is 0. The summed E-state index contributed by atoms with van der Waals surface area (Å²) < 4.78 is 0.907. The van der Waals surface area contributed by atoms with Crippen LogP contribution in [0.1, 0.15) is 0 Å². The number of carboxylic acid groups (broad SMARTS) is 1. The number of nitrogens with zero attached hydrogens (tertiary/aromatic N) is 1. The molecule has 11 heavy (non-hydrogen) atoms. The van der Waals surface area contributed by atoms with E-state index in [9.17, 15) is 0 Å². The molecule has 0 amide bonds. The molecule has 0 radical (unpaired) electrons. The standard InChI is InChI=1S/C5H3BrClN.CH2O2/c6-4-1-5(7)3-8-2-4;2-1-3/h1-3H;1H,(H,2,3). The third kappa shape index (κ3) is 5.82. The van der Waals surface area contributed by atoms with E-state index in [1.165, 1.54) is 0 Å². The lowest BCUT2D eigenvalue weighted by Gasteiger charge is -1.86. The van der Waals surface area contributed by atoms with Gasteiger partial charge in [0.15, 0.2) is 0 Å². The van der Waals surface area contributed by atoms with Gasteiger partial charge in [0.05, 0.1) is 5.02 Å². The quantitative estimate of drug-likeness (QED) is 0.705. The second-order valence-corrected chi connectivity index (χ2v) is 2.78. The normalized spacial score (nSPS) is 7.82. The molecule has 0 saturated carbocycles. The third-order valence-corrected chi connectivity index (χ3v) is 1.31. The predicted molar refractivity (Wildman–Crippen MR) is 45.6 cm³/mol. The maximum atomic E-state index is 8.36. The average molecular weight is 238 g/mol. The first kappa shape index (κ1) is 10.4. The van der Waals surface area contributed by atoms with E-state index in [-0.39, 0.29) is 6.47 Å². The molecule has 5 heteroatoms. The molecule has 1 aromatic rings. The highest BCUT2D eigenvalue weighted by molar-refractivity contribution is 9.10. The molecule has 0 aliphatic heterocycles. The zero-order chi connectivity index (χ0) is 8.69. The van der Waals surface area contributed by atoms with Crippen LogP contribution in [0.25, 0.3) is 0 Å². The van der Waals surface area contributed by atoms with Crippen molar-refractivity contribution in [1.82, 2.24) is 4.98 Å². The molecule has 60 valence electrons. The highest BCUT2D eigenvalue weighted by Crippen LogP contribution is 2.12. The van der Waals surface area contributed by atoms with Crippen molar-refractivity contribution in [2.24, 2.45) is 0 Å². The van der Waals surface area contributed by atoms with E-state index in [4.69, 9.17) is 21.5 Å². The molecule has 1 aromatic heterocycles. The van der Waals surface area contributed by atoms with Crippen molar-refractivity contribution >= 4 is 34.0 Å². The third-order valence-electron chi connectivity index (χ3n) is 0.672. The summed E-state index contributed by atoms with van der Waals surface area (Å²) in [6.07, 6.45) is 3.28. The van der Waals surface area contributed by atoms with Gasteiger partial charge in [0.25, 0.3) is 6.47 Å². The van der Waals surface area contributed by atoms with Crippen LogP contribution >= 0.6 is 27.5 Å². The Kier molecular flexibility index (Phi) is 5.78. The lowest BCUT2D eigenvalue weighted by molar-refractivity contribution is -0.122. The SMILES string of the molecule is Clc1cncc(Br)c1.O=CO. The fourth-order valence-corrected chi connectivity index (χ4v) is 1.06. The van der Waals surface area contributed by atoms with Gasteiger partial charge < -0.3 is 5.11 Å². The van der Waals surface area contributed by atoms with Crippen molar-refractivity contribution in [3.63, 3.8) is 0 Å². The summed E-state index contributed by atoms with van der Waals surface area (Å²) in [6.45, 7) is -0.250. The number of aromatic nitrogens is 1. The summed E-state index contributed by atoms with van der Waals surface area (Å²) in [4.78, 5) is 12.2. The molecule has 0 aliphatic carbocycles. The van der Waals surface area contributed by atoms with Gasteiger partial charge in [-0.25, -0.2) is 0 Å². The van der Waals surface area contributed by atoms with Gasteiger partial charge >= 0.3 is 0 Å². The lowest BCUT2D eigenvalue weighted by Crippen LogP contribution is -1.68. The summed E-state index contributed by atoms with van der Waals surface area (Å²) in [5.41, 5.74) is 0. The van der Waals surface area contributed by atoms with Gasteiger partial charge in [0.2, 0.25) is 0 Å². The second kappa shape index (κ2) is 6.12. The molecule has 0 spiro atoms. The molecule has 0 unspecified atom stereocenters. The molecular formula is C6H5BrClNO2. The van der Waals surface area contributed by atoms with Crippen LogP contribution in [0, 0.1) is 0 Å². The van der Waals surface area contributed by atoms with Gasteiger partial charge in [-0.3, -0.25) is 9.78 Å². The van der Waals surface area contributed by atoms with E-state index >= 15 is 0 Å². The van der Waals surface area contributed by atoms with E-state index in [0.717, 1.165) is 4.47 Å². The number of pyridine rings is 1. The fraction of sp³-hybridized carbons (Fsp3) is 0. The van der Waals surface area contributed by atoms with Gasteiger partial charge in [-0.2, -0.15) is 0 Å². The van der Waals surface area contributed by atoms with E-state index in [1.807, 2.05) is 0 Å². The van der Waals surface area contributed by atoms with Crippen LogP contribution in [0.5, 0.6) is 0 Å². The molecule has 1 N–H and O–H groups in total. The maximum Gasteiger partial charge on any atom is 0.290 e. The van der Waals surface area contributed by atoms with Crippen molar-refractivity contribution < 1.29 is 9.90 Å². The number of hydrogen-bond donors (Lipinski definition) is 1. The van der Waals surface area contributed by atoms with Crippen molar-refractivity contribution in [2.45, 2.75) is 0 Å². The number of halogens is 2. The van der Waals surface area contributed by atoms with Crippen molar-refractivity contribution in [2.75, 3.05) is 0 Å². The molecule has 0 saturated heterocycles. The van der Waals surface area contributed by atoms with Crippen LogP contribution in [-0.4, -0.2) is 16.6 Å². The molecule has 0 aromatic carbocycles. The van der Waals surface area contributed by atoms with Crippen molar-refractivity contribution in [3.8, 4) is 0 Å². The first-order chi connectivity index (χ1) is 5.20. The Balaban J connectivity index is 0.000000292. The van der Waals surface area contributed by atoms with Gasteiger partial charge in [-0.15, -0.1) is 0 Å². The van der Waals surface area contributed by atoms with Crippen LogP contribution < -0.4 is 0 Å². The Bertz CT molecular complexity index is 214. The van der Waals surface area contributed by atoms with E-state index in [1.54, 1.807) is 18.5 Å². The lowest BCUT2D eigenvalue weighted by atomic mass is 10.5. The monoisotopic (exact) mass is 237 g/mol. The first-order valence-electron chi connectivity index (χ1n) is 2.54. The minimum atomic E-state index is -0.250. The molecule has 0 bridgehead atoms. The first-order valence-corrected chi connectivity index (χ1v) is 3.71. The average Bonchev–Trinajstić information content (AvgIpc) is 1.88. The minimum absolute atomic E-state index is 0.250. The van der Waals surface area contributed by atoms with E-state index in [0.29, 0.717) is 5.02 Å². The van der Waals surface area contributed by atoms with Crippen LogP contribution in [0.4, 0.5) is 0 Å². The maximum absolute atomic E-state index is 8.36. The summed E-state index contributed by atoms with van der Waals surface area (Å²) >= 11 is 8.77. The van der Waals surface area contributed by atoms with E-state index in [2.05, 4.69) is 20.9 Å². The zero-order valence-electron chi connectivity index (χ0n) is 5.37. The van der Waals surface area contributed by atoms with Gasteiger partial charge in [0, 0.05) is 16.9 Å². The Morgan fingerprint density at radius 1 is 1.64 bits per heavy atom. The molecule has 1 heterocycles. The highest BCUT2D eigenvalue weighted by Gasteiger charge is 1.85. The van der Waals surface area contributed by atoms with Crippen LogP contribution in [0.15, 0.2) is 22.9 Å². The summed E-state index contributed by atoms with van der Waals surface area (Å²) in [6, 6.07) is 1.79. The Morgan fingerprint density at radius 3 is 2.45 bits per heavy atom. The largest absolute Gasteiger partial charge is 0.483 e. The Labute approximate surface area is 77.1 Å². The minimum Gasteiger partial charge on any atom is -0.483 e. The molecular weight excluding hydrogens is 233 g/mol. The Morgan fingerprint density at radius 2 is 2.18 bits per heavy atom. The van der Waals surface area contributed by atoms with Crippen molar-refractivity contribution in [1.29, 1.82) is 0 Å². The second-order valence-electron chi connectivity index (χ2n) is 1.43. The Hall–Kier alpha value is -0.610. The molecule has 0 atom stereocenters. The summed E-state index contributed by atoms with van der Waals surface area (Å²) in [7, 11) is 0. The van der Waals surface area contributed by atoms with Gasteiger partial charge in [-0.1, -0.05) is 11.6 Å².